The third kappa shape index (κ3) is 7.56. The summed E-state index contributed by atoms with van der Waals surface area (Å²) in [5.74, 6) is 0.397. The van der Waals surface area contributed by atoms with Crippen molar-refractivity contribution >= 4 is 0 Å². The van der Waals surface area contributed by atoms with Crippen molar-refractivity contribution in [3.05, 3.63) is 103 Å². The number of nitrogens with zero attached hydrogens (tertiary/aromatic N) is 2. The Morgan fingerprint density at radius 3 is 2.20 bits per heavy atom. The fraction of sp³-hybridized carbons (Fsp3) is 0.333. The Kier molecular flexibility index (Phi) is 10.3. The van der Waals surface area contributed by atoms with E-state index in [-0.39, 0.29) is 42.7 Å². The summed E-state index contributed by atoms with van der Waals surface area (Å²) in [4.78, 5) is 25.9. The predicted octanol–water partition coefficient (Wildman–Crippen LogP) is 0.493. The molecule has 10 heteroatoms. The van der Waals surface area contributed by atoms with Crippen LogP contribution in [0.4, 0.5) is 0 Å². The van der Waals surface area contributed by atoms with Gasteiger partial charge in [-0.3, -0.25) is 9.53 Å². The minimum absolute atomic E-state index is 0. The molecule has 40 heavy (non-hydrogen) atoms. The molecule has 9 nitrogen and oxygen atoms in total. The number of hydrogen-bond acceptors (Lipinski definition) is 7. The Morgan fingerprint density at radius 1 is 0.975 bits per heavy atom. The molecule has 3 aromatic carbocycles. The fourth-order valence-corrected chi connectivity index (χ4v) is 4.33. The molecule has 0 saturated heterocycles. The maximum Gasteiger partial charge on any atom is 1.00 e. The van der Waals surface area contributed by atoms with Gasteiger partial charge in [0, 0.05) is 6.54 Å². The van der Waals surface area contributed by atoms with E-state index in [9.17, 15) is 19.8 Å². The molecular formula is C30H33N2NaO7. The number of aliphatic hydroxyl groups excluding tert-OH is 1. The molecule has 2 N–H and O–H groups in total. The van der Waals surface area contributed by atoms with Crippen LogP contribution in [0.1, 0.15) is 41.7 Å². The minimum atomic E-state index is -1.24. The summed E-state index contributed by atoms with van der Waals surface area (Å²) >= 11 is 0. The average molecular weight is 557 g/mol. The zero-order valence-electron chi connectivity index (χ0n) is 23.7. The van der Waals surface area contributed by atoms with E-state index in [0.29, 0.717) is 18.1 Å². The van der Waals surface area contributed by atoms with Gasteiger partial charge in [-0.15, -0.1) is 0 Å². The summed E-state index contributed by atoms with van der Waals surface area (Å²) < 4.78 is 17.5. The van der Waals surface area contributed by atoms with Crippen LogP contribution in [0.3, 0.4) is 0 Å². The van der Waals surface area contributed by atoms with Gasteiger partial charge in [0.05, 0.1) is 5.60 Å². The Morgan fingerprint density at radius 2 is 1.62 bits per heavy atom. The van der Waals surface area contributed by atoms with E-state index >= 15 is 0 Å². The van der Waals surface area contributed by atoms with Crippen molar-refractivity contribution in [2.45, 2.75) is 59.5 Å². The van der Waals surface area contributed by atoms with Crippen LogP contribution in [-0.4, -0.2) is 33.3 Å². The molecule has 0 amide bonds. The van der Waals surface area contributed by atoms with Crippen LogP contribution in [0.5, 0.6) is 11.5 Å². The first kappa shape index (κ1) is 31.4. The molecule has 0 radical (unpaired) electrons. The second kappa shape index (κ2) is 13.1. The van der Waals surface area contributed by atoms with Gasteiger partial charge in [-0.1, -0.05) is 30.3 Å². The van der Waals surface area contributed by atoms with E-state index in [1.807, 2.05) is 38.1 Å². The second-order valence-corrected chi connectivity index (χ2v) is 10.2. The number of benzene rings is 3. The van der Waals surface area contributed by atoms with Gasteiger partial charge >= 0.3 is 35.3 Å². The molecule has 0 aliphatic carbocycles. The third-order valence-corrected chi connectivity index (χ3v) is 6.68. The van der Waals surface area contributed by atoms with E-state index < -0.39 is 23.2 Å². The maximum atomic E-state index is 11.6. The predicted molar refractivity (Wildman–Crippen MR) is 146 cm³/mol. The van der Waals surface area contributed by atoms with Crippen LogP contribution in [0, 0.1) is 20.8 Å². The second-order valence-electron chi connectivity index (χ2n) is 10.2. The van der Waals surface area contributed by atoms with Crippen molar-refractivity contribution in [1.29, 1.82) is 0 Å². The van der Waals surface area contributed by atoms with Gasteiger partial charge in [-0.25, -0.2) is 4.79 Å². The molecular weight excluding hydrogens is 523 g/mol. The molecule has 0 aliphatic heterocycles. The van der Waals surface area contributed by atoms with E-state index in [4.69, 9.17) is 14.0 Å². The zero-order chi connectivity index (χ0) is 28.3. The van der Waals surface area contributed by atoms with Gasteiger partial charge in [0.2, 0.25) is 0 Å². The molecule has 4 rings (SSSR count). The smallest absolute Gasteiger partial charge is 0.491 e. The Bertz CT molecular complexity index is 1540. The van der Waals surface area contributed by atoms with Gasteiger partial charge in [0.25, 0.3) is 0 Å². The summed E-state index contributed by atoms with van der Waals surface area (Å²) in [5, 5.41) is 20.0. The normalized spacial score (nSPS) is 12.1. The van der Waals surface area contributed by atoms with Crippen LogP contribution in [0.2, 0.25) is 0 Å². The first-order valence-electron chi connectivity index (χ1n) is 12.6. The quantitative estimate of drug-likeness (QED) is 0.271. The SMILES string of the molecule is Cc1cc(OC[C@@H](O)C(C)(C)O)cc(C)c1-c1cccc(COc2ccc(Cn3oc(=O)[n-]c3=O)cc2)c1C.[Na+]. The number of rotatable bonds is 10. The van der Waals surface area contributed by atoms with Crippen molar-refractivity contribution in [2.24, 2.45) is 0 Å². The summed E-state index contributed by atoms with van der Waals surface area (Å²) in [6.07, 6.45) is -1.00. The molecule has 0 spiro atoms. The molecule has 0 saturated carbocycles. The number of hydrogen-bond donors (Lipinski definition) is 2. The number of aryl methyl sites for hydroxylation is 2. The van der Waals surface area contributed by atoms with Crippen molar-refractivity contribution in [3.8, 4) is 22.6 Å². The van der Waals surface area contributed by atoms with Crippen molar-refractivity contribution in [3.63, 3.8) is 0 Å². The maximum absolute atomic E-state index is 11.6. The zero-order valence-corrected chi connectivity index (χ0v) is 25.7. The van der Waals surface area contributed by atoms with Crippen molar-refractivity contribution in [1.82, 2.24) is 9.72 Å². The van der Waals surface area contributed by atoms with E-state index in [0.717, 1.165) is 43.7 Å². The topological polar surface area (TPSA) is 125 Å². The Labute approximate surface area is 254 Å². The van der Waals surface area contributed by atoms with Gasteiger partial charge in [-0.05, 0) is 97.8 Å². The summed E-state index contributed by atoms with van der Waals surface area (Å²) in [6, 6.07) is 17.2. The monoisotopic (exact) mass is 556 g/mol. The van der Waals surface area contributed by atoms with Crippen LogP contribution < -0.4 is 55.5 Å². The Hall–Kier alpha value is -3.08. The van der Waals surface area contributed by atoms with Crippen LogP contribution in [0.15, 0.2) is 68.7 Å². The first-order chi connectivity index (χ1) is 18.4. The molecule has 0 aliphatic rings. The molecule has 4 aromatic rings. The fourth-order valence-electron chi connectivity index (χ4n) is 4.33. The molecule has 1 heterocycles. The standard InChI is InChI=1S/C30H34N2O7.Na/c1-18-13-24(38-17-26(33)30(4,5)36)14-19(2)27(18)25-8-6-7-22(20(25)3)16-37-23-11-9-21(10-12-23)15-32-28(34)31-29(35)39-32;/h6-14,26,33,36H,15-17H2,1-5H3,(H,31,34,35);/q;+1/p-1/t26-;/m1./s1. The van der Waals surface area contributed by atoms with Crippen molar-refractivity contribution < 1.29 is 53.8 Å². The average Bonchev–Trinajstić information content (AvgIpc) is 3.18. The summed E-state index contributed by atoms with van der Waals surface area (Å²) in [6.45, 7) is 9.68. The summed E-state index contributed by atoms with van der Waals surface area (Å²) in [5.41, 5.74) is 5.23. The van der Waals surface area contributed by atoms with Crippen LogP contribution >= 0.6 is 0 Å². The number of ether oxygens (including phenoxy) is 2. The van der Waals surface area contributed by atoms with Gasteiger partial charge in [0.1, 0.15) is 30.8 Å². The first-order valence-corrected chi connectivity index (χ1v) is 12.6. The van der Waals surface area contributed by atoms with E-state index in [1.54, 1.807) is 38.1 Å². The summed E-state index contributed by atoms with van der Waals surface area (Å²) in [7, 11) is 0. The molecule has 206 valence electrons. The number of aromatic nitrogens is 2. The third-order valence-electron chi connectivity index (χ3n) is 6.68. The molecule has 1 atom stereocenters. The minimum Gasteiger partial charge on any atom is -0.491 e. The van der Waals surface area contributed by atoms with Crippen molar-refractivity contribution in [2.75, 3.05) is 6.61 Å². The molecule has 1 aromatic heterocycles. The van der Waals surface area contributed by atoms with E-state index in [2.05, 4.69) is 18.0 Å². The van der Waals surface area contributed by atoms with Crippen LogP contribution in [0.25, 0.3) is 11.1 Å². The van der Waals surface area contributed by atoms with Gasteiger partial charge < -0.3 is 29.2 Å². The molecule has 0 fully saturated rings. The molecule has 0 bridgehead atoms. The molecule has 0 unspecified atom stereocenters. The largest absolute Gasteiger partial charge is 1.00 e. The van der Waals surface area contributed by atoms with Gasteiger partial charge in [0.15, 0.2) is 5.69 Å². The van der Waals surface area contributed by atoms with Gasteiger partial charge in [-0.2, -0.15) is 0 Å². The number of aliphatic hydroxyl groups is 2. The van der Waals surface area contributed by atoms with E-state index in [1.165, 1.54) is 0 Å². The van der Waals surface area contributed by atoms with Crippen LogP contribution in [-0.2, 0) is 13.2 Å². The Balaban J connectivity index is 0.00000441.